The van der Waals surface area contributed by atoms with E-state index in [4.69, 9.17) is 4.74 Å². The number of ether oxygens (including phenoxy) is 1. The molecule has 0 saturated carbocycles. The third kappa shape index (κ3) is 5.16. The molecule has 24 heavy (non-hydrogen) atoms. The number of amides is 1. The molecule has 0 radical (unpaired) electrons. The summed E-state index contributed by atoms with van der Waals surface area (Å²) < 4.78 is 5.07. The van der Waals surface area contributed by atoms with Crippen molar-refractivity contribution in [3.8, 4) is 0 Å². The Bertz CT molecular complexity index is 598. The molecule has 1 N–H and O–H groups in total. The predicted molar refractivity (Wildman–Crippen MR) is 90.9 cm³/mol. The van der Waals surface area contributed by atoms with Crippen molar-refractivity contribution in [1.29, 1.82) is 0 Å². The van der Waals surface area contributed by atoms with Crippen LogP contribution in [0.15, 0.2) is 24.3 Å². The van der Waals surface area contributed by atoms with Gasteiger partial charge in [0, 0.05) is 17.8 Å². The Morgan fingerprint density at radius 2 is 1.96 bits per heavy atom. The van der Waals surface area contributed by atoms with Crippen LogP contribution in [0.3, 0.4) is 0 Å². The minimum absolute atomic E-state index is 0.00815. The monoisotopic (exact) mass is 332 g/mol. The molecule has 1 fully saturated rings. The average molecular weight is 332 g/mol. The maximum absolute atomic E-state index is 12.2. The Morgan fingerprint density at radius 3 is 2.58 bits per heavy atom. The normalized spacial score (nSPS) is 18.0. The number of hydrogen-bond acceptors (Lipinski definition) is 5. The van der Waals surface area contributed by atoms with Crippen molar-refractivity contribution in [1.82, 2.24) is 4.90 Å². The fourth-order valence-corrected chi connectivity index (χ4v) is 2.84. The first-order valence-electron chi connectivity index (χ1n) is 8.29. The number of anilines is 1. The number of rotatable bonds is 6. The number of esters is 1. The molecule has 1 atom stereocenters. The van der Waals surface area contributed by atoms with Crippen LogP contribution in [0.25, 0.3) is 0 Å². The number of benzene rings is 1. The van der Waals surface area contributed by atoms with Crippen LogP contribution >= 0.6 is 0 Å². The van der Waals surface area contributed by atoms with Crippen LogP contribution in [0.4, 0.5) is 5.69 Å². The standard InChI is InChI=1S/C18H24N2O4/c1-3-24-18(23)15-5-4-10-20(11-15)12-17(22)19-16-8-6-14(7-9-16)13(2)21/h6-9,15H,3-5,10-12H2,1-2H3,(H,19,22)/t15-/m1/s1. The predicted octanol–water partition coefficient (Wildman–Crippen LogP) is 2.10. The number of hydrogen-bond donors (Lipinski definition) is 1. The number of nitrogens with zero attached hydrogens (tertiary/aromatic N) is 1. The zero-order valence-corrected chi connectivity index (χ0v) is 14.2. The average Bonchev–Trinajstić information content (AvgIpc) is 2.55. The summed E-state index contributed by atoms with van der Waals surface area (Å²) in [7, 11) is 0. The number of Topliss-reactive ketones (excluding diaryl/α,β-unsaturated/α-hetero) is 1. The van der Waals surface area contributed by atoms with Crippen molar-refractivity contribution in [2.75, 3.05) is 31.6 Å². The quantitative estimate of drug-likeness (QED) is 0.638. The van der Waals surface area contributed by atoms with Gasteiger partial charge in [-0.25, -0.2) is 0 Å². The Labute approximate surface area is 142 Å². The minimum Gasteiger partial charge on any atom is -0.466 e. The molecular formula is C18H24N2O4. The maximum Gasteiger partial charge on any atom is 0.310 e. The Hall–Kier alpha value is -2.21. The van der Waals surface area contributed by atoms with Crippen LogP contribution in [0.2, 0.25) is 0 Å². The number of nitrogens with one attached hydrogen (secondary N) is 1. The first-order valence-corrected chi connectivity index (χ1v) is 8.29. The Morgan fingerprint density at radius 1 is 1.25 bits per heavy atom. The molecule has 130 valence electrons. The van der Waals surface area contributed by atoms with Crippen LogP contribution in [0.1, 0.15) is 37.0 Å². The lowest BCUT2D eigenvalue weighted by Crippen LogP contribution is -2.43. The highest BCUT2D eigenvalue weighted by Gasteiger charge is 2.27. The largest absolute Gasteiger partial charge is 0.466 e. The Balaban J connectivity index is 1.85. The molecule has 0 aromatic heterocycles. The number of carbonyl (C=O) groups excluding carboxylic acids is 3. The minimum atomic E-state index is -0.178. The molecule has 1 aliphatic heterocycles. The van der Waals surface area contributed by atoms with Gasteiger partial charge in [0.1, 0.15) is 0 Å². The summed E-state index contributed by atoms with van der Waals surface area (Å²) in [6, 6.07) is 6.81. The maximum atomic E-state index is 12.2. The van der Waals surface area contributed by atoms with Crippen molar-refractivity contribution >= 4 is 23.3 Å². The topological polar surface area (TPSA) is 75.7 Å². The molecule has 1 aromatic rings. The first-order chi connectivity index (χ1) is 11.5. The van der Waals surface area contributed by atoms with E-state index < -0.39 is 0 Å². The number of ketones is 1. The smallest absolute Gasteiger partial charge is 0.310 e. The van der Waals surface area contributed by atoms with Crippen molar-refractivity contribution in [3.05, 3.63) is 29.8 Å². The summed E-state index contributed by atoms with van der Waals surface area (Å²) in [6.45, 7) is 5.27. The van der Waals surface area contributed by atoms with E-state index in [-0.39, 0.29) is 30.1 Å². The van der Waals surface area contributed by atoms with Gasteiger partial charge in [-0.1, -0.05) is 0 Å². The Kier molecular flexibility index (Phi) is 6.49. The second kappa shape index (κ2) is 8.59. The number of likely N-dealkylation sites (tertiary alicyclic amines) is 1. The van der Waals surface area contributed by atoms with E-state index in [1.807, 2.05) is 4.90 Å². The lowest BCUT2D eigenvalue weighted by Gasteiger charge is -2.30. The third-order valence-electron chi connectivity index (χ3n) is 4.07. The van der Waals surface area contributed by atoms with Crippen LogP contribution in [0, 0.1) is 5.92 Å². The zero-order chi connectivity index (χ0) is 17.5. The molecule has 1 saturated heterocycles. The van der Waals surface area contributed by atoms with Crippen molar-refractivity contribution in [2.24, 2.45) is 5.92 Å². The summed E-state index contributed by atoms with van der Waals surface area (Å²) in [5.74, 6) is -0.468. The van der Waals surface area contributed by atoms with Crippen LogP contribution in [0.5, 0.6) is 0 Å². The summed E-state index contributed by atoms with van der Waals surface area (Å²) >= 11 is 0. The molecule has 6 heteroatoms. The van der Waals surface area contributed by atoms with E-state index in [0.717, 1.165) is 19.4 Å². The highest BCUT2D eigenvalue weighted by molar-refractivity contribution is 5.96. The molecule has 6 nitrogen and oxygen atoms in total. The lowest BCUT2D eigenvalue weighted by atomic mass is 9.98. The molecule has 0 bridgehead atoms. The lowest BCUT2D eigenvalue weighted by molar-refractivity contribution is -0.150. The first kappa shape index (κ1) is 18.1. The van der Waals surface area contributed by atoms with Gasteiger partial charge < -0.3 is 10.1 Å². The molecule has 0 spiro atoms. The van der Waals surface area contributed by atoms with E-state index in [9.17, 15) is 14.4 Å². The van der Waals surface area contributed by atoms with Crippen LogP contribution in [-0.4, -0.2) is 48.8 Å². The zero-order valence-electron chi connectivity index (χ0n) is 14.2. The van der Waals surface area contributed by atoms with Gasteiger partial charge >= 0.3 is 5.97 Å². The van der Waals surface area contributed by atoms with Gasteiger partial charge in [0.15, 0.2) is 5.78 Å². The van der Waals surface area contributed by atoms with Gasteiger partial charge in [0.25, 0.3) is 0 Å². The van der Waals surface area contributed by atoms with Gasteiger partial charge in [-0.15, -0.1) is 0 Å². The summed E-state index contributed by atoms with van der Waals surface area (Å²) in [5.41, 5.74) is 1.27. The van der Waals surface area contributed by atoms with Gasteiger partial charge in [-0.05, 0) is 57.5 Å². The summed E-state index contributed by atoms with van der Waals surface area (Å²) in [5, 5.41) is 2.82. The molecule has 1 aliphatic rings. The van der Waals surface area contributed by atoms with Gasteiger partial charge in [-0.3, -0.25) is 19.3 Å². The van der Waals surface area contributed by atoms with Gasteiger partial charge in [0.2, 0.25) is 5.91 Å². The van der Waals surface area contributed by atoms with Crippen molar-refractivity contribution in [2.45, 2.75) is 26.7 Å². The van der Waals surface area contributed by atoms with E-state index in [2.05, 4.69) is 5.32 Å². The molecule has 2 rings (SSSR count). The molecule has 1 aromatic carbocycles. The fourth-order valence-electron chi connectivity index (χ4n) is 2.84. The molecule has 0 unspecified atom stereocenters. The molecule has 1 heterocycles. The van der Waals surface area contributed by atoms with E-state index in [1.54, 1.807) is 31.2 Å². The van der Waals surface area contributed by atoms with Crippen molar-refractivity contribution in [3.63, 3.8) is 0 Å². The van der Waals surface area contributed by atoms with Gasteiger partial charge in [0.05, 0.1) is 19.1 Å². The second-order valence-corrected chi connectivity index (χ2v) is 6.01. The molecule has 0 aliphatic carbocycles. The van der Waals surface area contributed by atoms with Crippen LogP contribution < -0.4 is 5.32 Å². The van der Waals surface area contributed by atoms with Crippen LogP contribution in [-0.2, 0) is 14.3 Å². The van der Waals surface area contributed by atoms with E-state index in [1.165, 1.54) is 6.92 Å². The molecular weight excluding hydrogens is 308 g/mol. The third-order valence-corrected chi connectivity index (χ3v) is 4.07. The molecule has 1 amide bonds. The second-order valence-electron chi connectivity index (χ2n) is 6.01. The van der Waals surface area contributed by atoms with E-state index >= 15 is 0 Å². The highest BCUT2D eigenvalue weighted by Crippen LogP contribution is 2.18. The summed E-state index contributed by atoms with van der Waals surface area (Å²) in [6.07, 6.45) is 1.69. The SMILES string of the molecule is CCOC(=O)[C@@H]1CCCN(CC(=O)Nc2ccc(C(C)=O)cc2)C1. The van der Waals surface area contributed by atoms with Crippen molar-refractivity contribution < 1.29 is 19.1 Å². The number of piperidine rings is 1. The number of carbonyl (C=O) groups is 3. The van der Waals surface area contributed by atoms with Gasteiger partial charge in [-0.2, -0.15) is 0 Å². The van der Waals surface area contributed by atoms with E-state index in [0.29, 0.717) is 24.4 Å². The summed E-state index contributed by atoms with van der Waals surface area (Å²) in [4.78, 5) is 37.2. The fraction of sp³-hybridized carbons (Fsp3) is 0.500. The highest BCUT2D eigenvalue weighted by atomic mass is 16.5.